The minimum Gasteiger partial charge on any atom is -0.396 e. The quantitative estimate of drug-likeness (QED) is 0.891. The van der Waals surface area contributed by atoms with E-state index < -0.39 is 0 Å². The Morgan fingerprint density at radius 1 is 1.53 bits per heavy atom. The molecule has 1 saturated heterocycles. The zero-order valence-electron chi connectivity index (χ0n) is 10.5. The number of likely N-dealkylation sites (tertiary alicyclic amines) is 1. The van der Waals surface area contributed by atoms with Gasteiger partial charge in [-0.1, -0.05) is 11.6 Å². The predicted molar refractivity (Wildman–Crippen MR) is 68.0 cm³/mol. The van der Waals surface area contributed by atoms with Gasteiger partial charge < -0.3 is 5.11 Å². The summed E-state index contributed by atoms with van der Waals surface area (Å²) in [6, 6.07) is 0. The van der Waals surface area contributed by atoms with Crippen LogP contribution in [0.5, 0.6) is 0 Å². The molecule has 0 radical (unpaired) electrons. The van der Waals surface area contributed by atoms with Crippen LogP contribution in [0.1, 0.15) is 24.1 Å². The van der Waals surface area contributed by atoms with E-state index in [2.05, 4.69) is 10.00 Å². The molecule has 0 aromatic carbocycles. The van der Waals surface area contributed by atoms with Gasteiger partial charge >= 0.3 is 0 Å². The lowest BCUT2D eigenvalue weighted by Crippen LogP contribution is -2.20. The fourth-order valence-corrected chi connectivity index (χ4v) is 2.79. The average molecular weight is 258 g/mol. The fourth-order valence-electron chi connectivity index (χ4n) is 2.55. The molecule has 5 heteroatoms. The van der Waals surface area contributed by atoms with E-state index in [1.807, 2.05) is 14.0 Å². The predicted octanol–water partition coefficient (Wildman–Crippen LogP) is 1.59. The molecule has 1 fully saturated rings. The highest BCUT2D eigenvalue weighted by atomic mass is 35.5. The molecule has 0 aliphatic carbocycles. The van der Waals surface area contributed by atoms with Crippen molar-refractivity contribution < 1.29 is 5.11 Å². The zero-order valence-corrected chi connectivity index (χ0v) is 11.2. The number of halogens is 1. The highest BCUT2D eigenvalue weighted by molar-refractivity contribution is 6.30. The summed E-state index contributed by atoms with van der Waals surface area (Å²) in [4.78, 5) is 2.40. The second-order valence-electron chi connectivity index (χ2n) is 4.88. The van der Waals surface area contributed by atoms with E-state index in [-0.39, 0.29) is 0 Å². The fraction of sp³-hybridized carbons (Fsp3) is 0.750. The van der Waals surface area contributed by atoms with Crippen LogP contribution < -0.4 is 0 Å². The molecule has 0 amide bonds. The maximum atomic E-state index is 8.94. The Labute approximate surface area is 107 Å². The highest BCUT2D eigenvalue weighted by Gasteiger charge is 2.24. The molecule has 96 valence electrons. The average Bonchev–Trinajstić information content (AvgIpc) is 2.81. The van der Waals surface area contributed by atoms with Crippen LogP contribution in [0.2, 0.25) is 5.15 Å². The molecule has 17 heavy (non-hydrogen) atoms. The van der Waals surface area contributed by atoms with Gasteiger partial charge in [-0.3, -0.25) is 9.58 Å². The molecule has 1 aliphatic heterocycles. The molecule has 4 nitrogen and oxygen atoms in total. The Bertz CT molecular complexity index is 391. The Morgan fingerprint density at radius 2 is 2.29 bits per heavy atom. The van der Waals surface area contributed by atoms with Crippen molar-refractivity contribution in [3.05, 3.63) is 16.4 Å². The molecule has 0 bridgehead atoms. The van der Waals surface area contributed by atoms with Crippen LogP contribution >= 0.6 is 11.6 Å². The second-order valence-corrected chi connectivity index (χ2v) is 5.24. The van der Waals surface area contributed by atoms with E-state index in [0.717, 1.165) is 42.5 Å². The van der Waals surface area contributed by atoms with Crippen LogP contribution in [0, 0.1) is 12.8 Å². The zero-order chi connectivity index (χ0) is 12.4. The maximum Gasteiger partial charge on any atom is 0.131 e. The van der Waals surface area contributed by atoms with E-state index in [0.29, 0.717) is 12.5 Å². The Hall–Kier alpha value is -0.580. The lowest BCUT2D eigenvalue weighted by Gasteiger charge is -2.15. The van der Waals surface area contributed by atoms with E-state index in [9.17, 15) is 0 Å². The van der Waals surface area contributed by atoms with E-state index >= 15 is 0 Å². The van der Waals surface area contributed by atoms with Crippen LogP contribution in [-0.2, 0) is 13.6 Å². The SMILES string of the molecule is Cc1nn(C)c(Cl)c1CN1CCC(CCO)C1. The molecule has 2 heterocycles. The first kappa shape index (κ1) is 12.9. The number of hydrogen-bond donors (Lipinski definition) is 1. The first-order chi connectivity index (χ1) is 8.11. The third-order valence-corrected chi connectivity index (χ3v) is 4.03. The number of aliphatic hydroxyl groups is 1. The molecule has 1 aromatic heterocycles. The first-order valence-electron chi connectivity index (χ1n) is 6.13. The lowest BCUT2D eigenvalue weighted by molar-refractivity contribution is 0.249. The van der Waals surface area contributed by atoms with Crippen molar-refractivity contribution in [1.29, 1.82) is 0 Å². The van der Waals surface area contributed by atoms with Gasteiger partial charge in [-0.2, -0.15) is 5.10 Å². The smallest absolute Gasteiger partial charge is 0.131 e. The third kappa shape index (κ3) is 2.81. The number of nitrogens with zero attached hydrogens (tertiary/aromatic N) is 3. The van der Waals surface area contributed by atoms with Crippen molar-refractivity contribution in [3.8, 4) is 0 Å². The van der Waals surface area contributed by atoms with Gasteiger partial charge in [0.1, 0.15) is 5.15 Å². The number of rotatable bonds is 4. The summed E-state index contributed by atoms with van der Waals surface area (Å²) >= 11 is 6.22. The molecule has 1 aliphatic rings. The molecular weight excluding hydrogens is 238 g/mol. The second kappa shape index (κ2) is 5.38. The van der Waals surface area contributed by atoms with Gasteiger partial charge in [-0.15, -0.1) is 0 Å². The Kier molecular flexibility index (Phi) is 4.07. The van der Waals surface area contributed by atoms with Gasteiger partial charge in [0.25, 0.3) is 0 Å². The van der Waals surface area contributed by atoms with Gasteiger partial charge in [0.15, 0.2) is 0 Å². The summed E-state index contributed by atoms with van der Waals surface area (Å²) in [6.07, 6.45) is 2.09. The topological polar surface area (TPSA) is 41.3 Å². The third-order valence-electron chi connectivity index (χ3n) is 3.56. The van der Waals surface area contributed by atoms with Crippen molar-refractivity contribution in [3.63, 3.8) is 0 Å². The largest absolute Gasteiger partial charge is 0.396 e. The summed E-state index contributed by atoms with van der Waals surface area (Å²) < 4.78 is 1.73. The van der Waals surface area contributed by atoms with Gasteiger partial charge in [-0.05, 0) is 32.2 Å². The number of aliphatic hydroxyl groups excluding tert-OH is 1. The number of aryl methyl sites for hydroxylation is 2. The molecule has 0 spiro atoms. The molecule has 1 aromatic rings. The molecular formula is C12H20ClN3O. The normalized spacial score (nSPS) is 21.3. The van der Waals surface area contributed by atoms with E-state index in [1.54, 1.807) is 4.68 Å². The molecule has 1 N–H and O–H groups in total. The van der Waals surface area contributed by atoms with Crippen LogP contribution in [0.25, 0.3) is 0 Å². The van der Waals surface area contributed by atoms with E-state index in [4.69, 9.17) is 16.7 Å². The van der Waals surface area contributed by atoms with Crippen molar-refractivity contribution in [2.45, 2.75) is 26.3 Å². The van der Waals surface area contributed by atoms with E-state index in [1.165, 1.54) is 6.42 Å². The highest BCUT2D eigenvalue weighted by Crippen LogP contribution is 2.25. The molecule has 1 unspecified atom stereocenters. The van der Waals surface area contributed by atoms with Gasteiger partial charge in [-0.25, -0.2) is 0 Å². The van der Waals surface area contributed by atoms with Gasteiger partial charge in [0.05, 0.1) is 5.69 Å². The van der Waals surface area contributed by atoms with Crippen molar-refractivity contribution >= 4 is 11.6 Å². The maximum absolute atomic E-state index is 8.94. The van der Waals surface area contributed by atoms with Gasteiger partial charge in [0.2, 0.25) is 0 Å². The molecule has 2 rings (SSSR count). The van der Waals surface area contributed by atoms with Crippen molar-refractivity contribution in [1.82, 2.24) is 14.7 Å². The number of hydrogen-bond acceptors (Lipinski definition) is 3. The Balaban J connectivity index is 1.98. The number of aromatic nitrogens is 2. The summed E-state index contributed by atoms with van der Waals surface area (Å²) in [5.41, 5.74) is 2.15. The van der Waals surface area contributed by atoms with Gasteiger partial charge in [0, 0.05) is 32.3 Å². The Morgan fingerprint density at radius 3 is 2.88 bits per heavy atom. The summed E-state index contributed by atoms with van der Waals surface area (Å²) in [6.45, 7) is 5.33. The van der Waals surface area contributed by atoms with Crippen LogP contribution in [-0.4, -0.2) is 39.5 Å². The van der Waals surface area contributed by atoms with Crippen LogP contribution in [0.3, 0.4) is 0 Å². The monoisotopic (exact) mass is 257 g/mol. The molecule has 1 atom stereocenters. The summed E-state index contributed by atoms with van der Waals surface area (Å²) in [5, 5.41) is 14.0. The van der Waals surface area contributed by atoms with Crippen LogP contribution in [0.15, 0.2) is 0 Å². The minimum atomic E-state index is 0.297. The first-order valence-corrected chi connectivity index (χ1v) is 6.50. The summed E-state index contributed by atoms with van der Waals surface area (Å²) in [5.74, 6) is 0.635. The summed E-state index contributed by atoms with van der Waals surface area (Å²) in [7, 11) is 1.87. The standard InChI is InChI=1S/C12H20ClN3O/c1-9-11(12(13)15(2)14-9)8-16-5-3-10(7-16)4-6-17/h10,17H,3-8H2,1-2H3. The van der Waals surface area contributed by atoms with Crippen molar-refractivity contribution in [2.24, 2.45) is 13.0 Å². The minimum absolute atomic E-state index is 0.297. The lowest BCUT2D eigenvalue weighted by atomic mass is 10.1. The molecule has 0 saturated carbocycles. The van der Waals surface area contributed by atoms with Crippen molar-refractivity contribution in [2.75, 3.05) is 19.7 Å². The van der Waals surface area contributed by atoms with Crippen LogP contribution in [0.4, 0.5) is 0 Å².